The zero-order chi connectivity index (χ0) is 15.9. The highest BCUT2D eigenvalue weighted by atomic mass is 32.1. The fourth-order valence-corrected chi connectivity index (χ4v) is 2.96. The fraction of sp³-hybridized carbons (Fsp3) is 0.250. The average Bonchev–Trinajstić information content (AvgIpc) is 2.84. The first-order valence-electron chi connectivity index (χ1n) is 6.79. The van der Waals surface area contributed by atoms with Gasteiger partial charge in [0.05, 0.1) is 21.7 Å². The Balaban J connectivity index is 2.19. The molecule has 0 fully saturated rings. The van der Waals surface area contributed by atoms with Gasteiger partial charge in [0.1, 0.15) is 17.6 Å². The van der Waals surface area contributed by atoms with Crippen LogP contribution in [0.1, 0.15) is 17.5 Å². The number of ether oxygens (including phenoxy) is 1. The number of aromatic nitrogens is 1. The van der Waals surface area contributed by atoms with Crippen molar-refractivity contribution in [3.05, 3.63) is 44.6 Å². The Morgan fingerprint density at radius 1 is 1.36 bits per heavy atom. The molecule has 5 nitrogen and oxygen atoms in total. The van der Waals surface area contributed by atoms with Crippen molar-refractivity contribution in [1.29, 1.82) is 0 Å². The van der Waals surface area contributed by atoms with Gasteiger partial charge in [-0.3, -0.25) is 4.79 Å². The zero-order valence-electron chi connectivity index (χ0n) is 12.4. The third kappa shape index (κ3) is 2.63. The van der Waals surface area contributed by atoms with Crippen LogP contribution in [0.2, 0.25) is 0 Å². The molecule has 1 unspecified atom stereocenters. The first-order chi connectivity index (χ1) is 10.5. The molecule has 0 radical (unpaired) electrons. The van der Waals surface area contributed by atoms with Gasteiger partial charge in [-0.05, 0) is 32.4 Å². The van der Waals surface area contributed by atoms with Gasteiger partial charge in [-0.25, -0.2) is 4.98 Å². The third-order valence-corrected chi connectivity index (χ3v) is 4.02. The summed E-state index contributed by atoms with van der Waals surface area (Å²) >= 11 is 1.49. The average molecular weight is 317 g/mol. The Bertz CT molecular complexity index is 895. The maximum atomic E-state index is 12.7. The lowest BCUT2D eigenvalue weighted by atomic mass is 10.1. The molecular weight excluding hydrogens is 302 g/mol. The van der Waals surface area contributed by atoms with Crippen molar-refractivity contribution in [2.45, 2.75) is 27.1 Å². The number of aryl methyl sites for hydroxylation is 2. The highest BCUT2D eigenvalue weighted by Crippen LogP contribution is 2.27. The van der Waals surface area contributed by atoms with Gasteiger partial charge in [0.25, 0.3) is 0 Å². The molecule has 22 heavy (non-hydrogen) atoms. The topological polar surface area (TPSA) is 72.6 Å². The van der Waals surface area contributed by atoms with Crippen LogP contribution in [0.25, 0.3) is 22.2 Å². The molecular formula is C16H15NO4S. The maximum absolute atomic E-state index is 12.7. The number of rotatable bonds is 3. The SMILES string of the molecule is Cc1nc(-c2coc3cc(OC(C)O)cc(C)c3c2=O)cs1. The van der Waals surface area contributed by atoms with Crippen molar-refractivity contribution in [1.82, 2.24) is 4.98 Å². The number of hydrogen-bond donors (Lipinski definition) is 1. The largest absolute Gasteiger partial charge is 0.465 e. The van der Waals surface area contributed by atoms with Gasteiger partial charge in [-0.15, -0.1) is 11.3 Å². The van der Waals surface area contributed by atoms with Gasteiger partial charge < -0.3 is 14.3 Å². The second kappa shape index (κ2) is 5.55. The third-order valence-electron chi connectivity index (χ3n) is 3.25. The molecule has 1 N–H and O–H groups in total. The van der Waals surface area contributed by atoms with Crippen molar-refractivity contribution in [2.24, 2.45) is 0 Å². The van der Waals surface area contributed by atoms with E-state index in [0.29, 0.717) is 28.0 Å². The standard InChI is InChI=1S/C16H15NO4S/c1-8-4-11(21-10(3)18)5-14-15(8)16(19)12(6-20-14)13-7-22-9(2)17-13/h4-7,10,18H,1-3H3. The van der Waals surface area contributed by atoms with E-state index in [1.165, 1.54) is 24.5 Å². The first kappa shape index (κ1) is 14.7. The number of benzene rings is 1. The molecule has 1 atom stereocenters. The molecule has 114 valence electrons. The van der Waals surface area contributed by atoms with E-state index in [1.807, 2.05) is 19.2 Å². The Labute approximate surface area is 130 Å². The molecule has 0 aliphatic carbocycles. The fourth-order valence-electron chi connectivity index (χ4n) is 2.35. The highest BCUT2D eigenvalue weighted by Gasteiger charge is 2.15. The second-order valence-electron chi connectivity index (χ2n) is 5.06. The van der Waals surface area contributed by atoms with Gasteiger partial charge >= 0.3 is 0 Å². The Morgan fingerprint density at radius 2 is 2.14 bits per heavy atom. The van der Waals surface area contributed by atoms with Crippen molar-refractivity contribution < 1.29 is 14.3 Å². The van der Waals surface area contributed by atoms with E-state index in [4.69, 9.17) is 9.15 Å². The van der Waals surface area contributed by atoms with Gasteiger partial charge in [-0.2, -0.15) is 0 Å². The summed E-state index contributed by atoms with van der Waals surface area (Å²) in [6.07, 6.45) is 0.492. The van der Waals surface area contributed by atoms with Crippen molar-refractivity contribution in [2.75, 3.05) is 0 Å². The molecule has 0 saturated heterocycles. The summed E-state index contributed by atoms with van der Waals surface area (Å²) in [5.74, 6) is 0.459. The molecule has 3 aromatic rings. The minimum Gasteiger partial charge on any atom is -0.465 e. The van der Waals surface area contributed by atoms with Gasteiger partial charge in [0, 0.05) is 11.4 Å². The summed E-state index contributed by atoms with van der Waals surface area (Å²) in [5.41, 5.74) is 2.12. The van der Waals surface area contributed by atoms with Gasteiger partial charge in [-0.1, -0.05) is 0 Å². The van der Waals surface area contributed by atoms with E-state index >= 15 is 0 Å². The molecule has 0 amide bonds. The number of aliphatic hydroxyl groups excluding tert-OH is 1. The van der Waals surface area contributed by atoms with Crippen LogP contribution >= 0.6 is 11.3 Å². The minimum absolute atomic E-state index is 0.118. The number of thiazole rings is 1. The number of fused-ring (bicyclic) bond motifs is 1. The summed E-state index contributed by atoms with van der Waals surface area (Å²) < 4.78 is 10.8. The lowest BCUT2D eigenvalue weighted by molar-refractivity contribution is -0.000259. The lowest BCUT2D eigenvalue weighted by Gasteiger charge is -2.11. The summed E-state index contributed by atoms with van der Waals surface area (Å²) in [6, 6.07) is 3.31. The molecule has 0 saturated carbocycles. The van der Waals surface area contributed by atoms with E-state index in [2.05, 4.69) is 4.98 Å². The number of nitrogens with zero attached hydrogens (tertiary/aromatic N) is 1. The molecule has 0 aliphatic heterocycles. The molecule has 3 rings (SSSR count). The molecule has 0 spiro atoms. The summed E-state index contributed by atoms with van der Waals surface area (Å²) in [7, 11) is 0. The lowest BCUT2D eigenvalue weighted by Crippen LogP contribution is -2.11. The summed E-state index contributed by atoms with van der Waals surface area (Å²) in [6.45, 7) is 5.22. The zero-order valence-corrected chi connectivity index (χ0v) is 13.2. The smallest absolute Gasteiger partial charge is 0.202 e. The van der Waals surface area contributed by atoms with Crippen LogP contribution < -0.4 is 10.2 Å². The van der Waals surface area contributed by atoms with Crippen molar-refractivity contribution in [3.63, 3.8) is 0 Å². The quantitative estimate of drug-likeness (QED) is 0.751. The minimum atomic E-state index is -0.930. The van der Waals surface area contributed by atoms with E-state index in [0.717, 1.165) is 10.6 Å². The van der Waals surface area contributed by atoms with E-state index in [-0.39, 0.29) is 5.43 Å². The van der Waals surface area contributed by atoms with E-state index < -0.39 is 6.29 Å². The molecule has 2 heterocycles. The number of aliphatic hydroxyl groups is 1. The van der Waals surface area contributed by atoms with Crippen LogP contribution in [0.3, 0.4) is 0 Å². The molecule has 6 heteroatoms. The van der Waals surface area contributed by atoms with Crippen LogP contribution in [-0.2, 0) is 0 Å². The Hall–Kier alpha value is -2.18. The van der Waals surface area contributed by atoms with Crippen LogP contribution in [0.4, 0.5) is 0 Å². The van der Waals surface area contributed by atoms with Crippen molar-refractivity contribution in [3.8, 4) is 17.0 Å². The van der Waals surface area contributed by atoms with Crippen LogP contribution in [-0.4, -0.2) is 16.4 Å². The van der Waals surface area contributed by atoms with Crippen molar-refractivity contribution >= 4 is 22.3 Å². The Kier molecular flexibility index (Phi) is 3.72. The van der Waals surface area contributed by atoms with Gasteiger partial charge in [0.15, 0.2) is 6.29 Å². The molecule has 0 aliphatic rings. The molecule has 1 aromatic carbocycles. The maximum Gasteiger partial charge on any atom is 0.202 e. The first-order valence-corrected chi connectivity index (χ1v) is 7.67. The van der Waals surface area contributed by atoms with Gasteiger partial charge in [0.2, 0.25) is 5.43 Å². The monoisotopic (exact) mass is 317 g/mol. The van der Waals surface area contributed by atoms with E-state index in [9.17, 15) is 9.90 Å². The normalized spacial score (nSPS) is 12.5. The predicted molar refractivity (Wildman–Crippen MR) is 85.4 cm³/mol. The second-order valence-corrected chi connectivity index (χ2v) is 6.12. The van der Waals surface area contributed by atoms with E-state index in [1.54, 1.807) is 12.1 Å². The summed E-state index contributed by atoms with van der Waals surface area (Å²) in [4.78, 5) is 17.0. The molecule has 0 bridgehead atoms. The van der Waals surface area contributed by atoms with Crippen LogP contribution in [0, 0.1) is 13.8 Å². The van der Waals surface area contributed by atoms with Crippen LogP contribution in [0.5, 0.6) is 5.75 Å². The highest BCUT2D eigenvalue weighted by molar-refractivity contribution is 7.09. The predicted octanol–water partition coefficient (Wildman–Crippen LogP) is 3.25. The number of hydrogen-bond acceptors (Lipinski definition) is 6. The summed E-state index contributed by atoms with van der Waals surface area (Å²) in [5, 5.41) is 12.5. The van der Waals surface area contributed by atoms with Crippen LogP contribution in [0.15, 0.2) is 33.0 Å². The Morgan fingerprint density at radius 3 is 2.77 bits per heavy atom. The molecule has 2 aromatic heterocycles.